The second kappa shape index (κ2) is 7.06. The summed E-state index contributed by atoms with van der Waals surface area (Å²) >= 11 is 5.77. The van der Waals surface area contributed by atoms with Gasteiger partial charge in [0.25, 0.3) is 5.91 Å². The van der Waals surface area contributed by atoms with Crippen LogP contribution < -0.4 is 16.2 Å². The van der Waals surface area contributed by atoms with Crippen molar-refractivity contribution in [3.05, 3.63) is 63.3 Å². The van der Waals surface area contributed by atoms with Gasteiger partial charge in [0.15, 0.2) is 0 Å². The second-order valence-corrected chi connectivity index (χ2v) is 6.52. The minimum absolute atomic E-state index is 0.152. The molecule has 3 N–H and O–H groups in total. The number of aromatic amines is 1. The van der Waals surface area contributed by atoms with Crippen LogP contribution in [0.15, 0.2) is 41.3 Å². The average molecular weight is 361 g/mol. The van der Waals surface area contributed by atoms with Crippen LogP contribution in [0.3, 0.4) is 0 Å². The quantitative estimate of drug-likeness (QED) is 0.716. The van der Waals surface area contributed by atoms with Crippen LogP contribution in [0, 0.1) is 0 Å². The number of hydrogen-bond donors (Lipinski definition) is 3. The molecular formula is C17H17ClN4O3. The van der Waals surface area contributed by atoms with E-state index in [0.29, 0.717) is 17.3 Å². The maximum atomic E-state index is 12.2. The summed E-state index contributed by atoms with van der Waals surface area (Å²) in [5.41, 5.74) is 0.0648. The first-order valence-electron chi connectivity index (χ1n) is 7.85. The lowest BCUT2D eigenvalue weighted by atomic mass is 10.2. The molecular weight excluding hydrogens is 344 g/mol. The lowest BCUT2D eigenvalue weighted by molar-refractivity contribution is -0.121. The Bertz CT molecular complexity index is 843. The summed E-state index contributed by atoms with van der Waals surface area (Å²) in [4.78, 5) is 42.0. The van der Waals surface area contributed by atoms with Crippen LogP contribution >= 0.6 is 11.6 Å². The zero-order valence-electron chi connectivity index (χ0n) is 13.3. The van der Waals surface area contributed by atoms with E-state index < -0.39 is 5.54 Å². The number of carbonyl (C=O) groups is 2. The van der Waals surface area contributed by atoms with Gasteiger partial charge < -0.3 is 15.6 Å². The number of carbonyl (C=O) groups excluding carboxylic acids is 2. The Labute approximate surface area is 148 Å². The van der Waals surface area contributed by atoms with E-state index in [4.69, 9.17) is 11.6 Å². The number of nitrogens with zero attached hydrogens (tertiary/aromatic N) is 1. The molecule has 0 unspecified atom stereocenters. The van der Waals surface area contributed by atoms with Crippen molar-refractivity contribution in [2.45, 2.75) is 24.8 Å². The molecule has 0 saturated heterocycles. The van der Waals surface area contributed by atoms with Gasteiger partial charge in [0.2, 0.25) is 11.5 Å². The SMILES string of the molecule is O=C(Cc1ccc(Cl)cn1)NC1(CNC(=O)c2cccc(=O)[nH]2)CC1. The summed E-state index contributed by atoms with van der Waals surface area (Å²) < 4.78 is 0. The fourth-order valence-electron chi connectivity index (χ4n) is 2.44. The van der Waals surface area contributed by atoms with E-state index in [0.717, 1.165) is 12.8 Å². The number of rotatable bonds is 6. The van der Waals surface area contributed by atoms with Crippen molar-refractivity contribution in [3.8, 4) is 0 Å². The highest BCUT2D eigenvalue weighted by Gasteiger charge is 2.44. The van der Waals surface area contributed by atoms with Gasteiger partial charge in [-0.3, -0.25) is 19.4 Å². The largest absolute Gasteiger partial charge is 0.349 e. The topological polar surface area (TPSA) is 104 Å². The van der Waals surface area contributed by atoms with Crippen molar-refractivity contribution in [3.63, 3.8) is 0 Å². The fraction of sp³-hybridized carbons (Fsp3) is 0.294. The number of nitrogens with one attached hydrogen (secondary N) is 3. The van der Waals surface area contributed by atoms with E-state index in [1.807, 2.05) is 0 Å². The second-order valence-electron chi connectivity index (χ2n) is 6.08. The van der Waals surface area contributed by atoms with Crippen molar-refractivity contribution < 1.29 is 9.59 Å². The maximum absolute atomic E-state index is 12.2. The number of aromatic nitrogens is 2. The van der Waals surface area contributed by atoms with E-state index in [1.54, 1.807) is 12.1 Å². The maximum Gasteiger partial charge on any atom is 0.267 e. The Morgan fingerprint density at radius 1 is 1.24 bits per heavy atom. The first-order valence-corrected chi connectivity index (χ1v) is 8.23. The monoisotopic (exact) mass is 360 g/mol. The summed E-state index contributed by atoms with van der Waals surface area (Å²) in [6.45, 7) is 0.308. The molecule has 0 aliphatic heterocycles. The van der Waals surface area contributed by atoms with Crippen molar-refractivity contribution in [2.75, 3.05) is 6.54 Å². The molecule has 8 heteroatoms. The smallest absolute Gasteiger partial charge is 0.267 e. The van der Waals surface area contributed by atoms with E-state index >= 15 is 0 Å². The molecule has 2 aromatic rings. The van der Waals surface area contributed by atoms with Gasteiger partial charge in [0.05, 0.1) is 17.0 Å². The highest BCUT2D eigenvalue weighted by molar-refractivity contribution is 6.30. The Balaban J connectivity index is 1.52. The highest BCUT2D eigenvalue weighted by Crippen LogP contribution is 2.34. The third-order valence-corrected chi connectivity index (χ3v) is 4.21. The van der Waals surface area contributed by atoms with Gasteiger partial charge in [0, 0.05) is 24.5 Å². The molecule has 0 bridgehead atoms. The summed E-state index contributed by atoms with van der Waals surface area (Å²) in [7, 11) is 0. The molecule has 2 aromatic heterocycles. The zero-order valence-corrected chi connectivity index (χ0v) is 14.1. The van der Waals surface area contributed by atoms with Crippen molar-refractivity contribution in [2.24, 2.45) is 0 Å². The molecule has 0 atom stereocenters. The van der Waals surface area contributed by atoms with Gasteiger partial charge in [-0.2, -0.15) is 0 Å². The van der Waals surface area contributed by atoms with Crippen LogP contribution in [0.5, 0.6) is 0 Å². The van der Waals surface area contributed by atoms with Gasteiger partial charge in [0.1, 0.15) is 5.69 Å². The van der Waals surface area contributed by atoms with Crippen LogP contribution in [0.1, 0.15) is 29.0 Å². The Morgan fingerprint density at radius 2 is 2.04 bits per heavy atom. The molecule has 1 saturated carbocycles. The molecule has 130 valence electrons. The van der Waals surface area contributed by atoms with Crippen LogP contribution in [-0.4, -0.2) is 33.9 Å². The van der Waals surface area contributed by atoms with Crippen molar-refractivity contribution in [1.29, 1.82) is 0 Å². The third kappa shape index (κ3) is 4.67. The van der Waals surface area contributed by atoms with Crippen LogP contribution in [0.4, 0.5) is 0 Å². The number of pyridine rings is 2. The number of H-pyrrole nitrogens is 1. The highest BCUT2D eigenvalue weighted by atomic mass is 35.5. The average Bonchev–Trinajstić information content (AvgIpc) is 3.34. The summed E-state index contributed by atoms with van der Waals surface area (Å²) in [6.07, 6.45) is 3.23. The number of hydrogen-bond acceptors (Lipinski definition) is 4. The predicted molar refractivity (Wildman–Crippen MR) is 92.5 cm³/mol. The Morgan fingerprint density at radius 3 is 2.68 bits per heavy atom. The first kappa shape index (κ1) is 17.2. The fourth-order valence-corrected chi connectivity index (χ4v) is 2.55. The van der Waals surface area contributed by atoms with E-state index in [-0.39, 0.29) is 29.5 Å². The Kier molecular flexibility index (Phi) is 4.85. The van der Waals surface area contributed by atoms with Gasteiger partial charge in [-0.05, 0) is 31.0 Å². The molecule has 0 radical (unpaired) electrons. The first-order chi connectivity index (χ1) is 12.0. The molecule has 1 fully saturated rings. The molecule has 7 nitrogen and oxygen atoms in total. The minimum atomic E-state index is -0.422. The predicted octanol–water partition coefficient (Wildman–Crippen LogP) is 1.04. The molecule has 25 heavy (non-hydrogen) atoms. The third-order valence-electron chi connectivity index (χ3n) is 3.99. The molecule has 0 spiro atoms. The number of halogens is 1. The van der Waals surface area contributed by atoms with Gasteiger partial charge in [-0.25, -0.2) is 0 Å². The number of amides is 2. The van der Waals surface area contributed by atoms with E-state index in [1.165, 1.54) is 24.4 Å². The van der Waals surface area contributed by atoms with E-state index in [2.05, 4.69) is 20.6 Å². The normalized spacial score (nSPS) is 14.6. The summed E-state index contributed by atoms with van der Waals surface area (Å²) in [5, 5.41) is 6.22. The molecule has 2 heterocycles. The standard InChI is InChI=1S/C17H17ClN4O3/c18-11-4-5-12(19-9-11)8-15(24)22-17(6-7-17)10-20-16(25)13-2-1-3-14(23)21-13/h1-5,9H,6-8,10H2,(H,20,25)(H,21,23)(H,22,24). The van der Waals surface area contributed by atoms with Crippen LogP contribution in [0.25, 0.3) is 0 Å². The van der Waals surface area contributed by atoms with E-state index in [9.17, 15) is 14.4 Å². The molecule has 1 aliphatic carbocycles. The van der Waals surface area contributed by atoms with Gasteiger partial charge in [-0.15, -0.1) is 0 Å². The molecule has 1 aliphatic rings. The van der Waals surface area contributed by atoms with Crippen LogP contribution in [-0.2, 0) is 11.2 Å². The summed E-state index contributed by atoms with van der Waals surface area (Å²) in [6, 6.07) is 7.77. The lowest BCUT2D eigenvalue weighted by Crippen LogP contribution is -2.46. The minimum Gasteiger partial charge on any atom is -0.349 e. The van der Waals surface area contributed by atoms with Crippen molar-refractivity contribution >= 4 is 23.4 Å². The van der Waals surface area contributed by atoms with Gasteiger partial charge in [-0.1, -0.05) is 17.7 Å². The summed E-state index contributed by atoms with van der Waals surface area (Å²) in [5.74, 6) is -0.535. The molecule has 0 aromatic carbocycles. The molecule has 3 rings (SSSR count). The lowest BCUT2D eigenvalue weighted by Gasteiger charge is -2.18. The van der Waals surface area contributed by atoms with Crippen molar-refractivity contribution in [1.82, 2.24) is 20.6 Å². The zero-order chi connectivity index (χ0) is 17.9. The Hall–Kier alpha value is -2.67. The van der Waals surface area contributed by atoms with Gasteiger partial charge >= 0.3 is 0 Å². The molecule has 2 amide bonds. The van der Waals surface area contributed by atoms with Crippen LogP contribution in [0.2, 0.25) is 5.02 Å².